The Morgan fingerprint density at radius 1 is 1.43 bits per heavy atom. The molecule has 1 aromatic carbocycles. The molecule has 2 nitrogen and oxygen atoms in total. The molecular weight excluding hydrogens is 310 g/mol. The summed E-state index contributed by atoms with van der Waals surface area (Å²) in [7, 11) is 0. The summed E-state index contributed by atoms with van der Waals surface area (Å²) in [5.74, 6) is 0. The highest BCUT2D eigenvalue weighted by Crippen LogP contribution is 2.27. The third-order valence-corrected chi connectivity index (χ3v) is 3.58. The predicted octanol–water partition coefficient (Wildman–Crippen LogP) is 3.81. The van der Waals surface area contributed by atoms with Gasteiger partial charge in [-0.25, -0.2) is 0 Å². The quantitative estimate of drug-likeness (QED) is 0.849. The average Bonchev–Trinajstić information content (AvgIpc) is 2.19. The Morgan fingerprint density at radius 2 is 2.14 bits per heavy atom. The zero-order valence-electron chi connectivity index (χ0n) is 7.63. The van der Waals surface area contributed by atoms with Crippen molar-refractivity contribution in [2.45, 2.75) is 13.0 Å². The van der Waals surface area contributed by atoms with Gasteiger partial charge in [-0.1, -0.05) is 6.07 Å². The zero-order valence-corrected chi connectivity index (χ0v) is 10.8. The van der Waals surface area contributed by atoms with Crippen molar-refractivity contribution in [2.75, 3.05) is 6.61 Å². The first-order chi connectivity index (χ1) is 6.69. The Morgan fingerprint density at radius 3 is 2.64 bits per heavy atom. The summed E-state index contributed by atoms with van der Waals surface area (Å²) in [6.07, 6.45) is -0.482. The molecule has 1 atom stereocenters. The number of ether oxygens (including phenoxy) is 1. The maximum atomic E-state index is 8.87. The van der Waals surface area contributed by atoms with Crippen LogP contribution in [0, 0.1) is 11.3 Å². The third-order valence-electron chi connectivity index (χ3n) is 1.70. The van der Waals surface area contributed by atoms with Gasteiger partial charge in [-0.05, 0) is 56.5 Å². The van der Waals surface area contributed by atoms with E-state index >= 15 is 0 Å². The van der Waals surface area contributed by atoms with Crippen LogP contribution in [0.3, 0.4) is 0 Å². The maximum Gasteiger partial charge on any atom is 0.169 e. The number of halogens is 2. The second-order valence-corrected chi connectivity index (χ2v) is 4.35. The van der Waals surface area contributed by atoms with Gasteiger partial charge in [-0.2, -0.15) is 5.26 Å². The van der Waals surface area contributed by atoms with Crippen LogP contribution in [0.15, 0.2) is 27.1 Å². The van der Waals surface area contributed by atoms with Gasteiger partial charge in [-0.3, -0.25) is 0 Å². The minimum absolute atomic E-state index is 0.482. The predicted molar refractivity (Wildman–Crippen MR) is 61.8 cm³/mol. The van der Waals surface area contributed by atoms with E-state index in [2.05, 4.69) is 37.9 Å². The molecule has 0 aliphatic heterocycles. The molecule has 4 heteroatoms. The van der Waals surface area contributed by atoms with Crippen LogP contribution in [0.25, 0.3) is 0 Å². The molecule has 0 aliphatic rings. The van der Waals surface area contributed by atoms with E-state index in [1.54, 1.807) is 0 Å². The smallest absolute Gasteiger partial charge is 0.169 e. The summed E-state index contributed by atoms with van der Waals surface area (Å²) in [6, 6.07) is 7.76. The second kappa shape index (κ2) is 5.50. The van der Waals surface area contributed by atoms with Crippen molar-refractivity contribution in [3.8, 4) is 6.07 Å². The molecule has 1 aromatic rings. The lowest BCUT2D eigenvalue weighted by molar-refractivity contribution is 0.102. The van der Waals surface area contributed by atoms with Crippen molar-refractivity contribution in [3.05, 3.63) is 32.7 Å². The minimum atomic E-state index is -0.482. The molecule has 0 saturated heterocycles. The lowest BCUT2D eigenvalue weighted by atomic mass is 10.1. The Labute approximate surface area is 100 Å². The Kier molecular flexibility index (Phi) is 4.59. The first-order valence-electron chi connectivity index (χ1n) is 4.15. The van der Waals surface area contributed by atoms with E-state index in [0.29, 0.717) is 6.61 Å². The van der Waals surface area contributed by atoms with Gasteiger partial charge in [0.05, 0.1) is 6.07 Å². The van der Waals surface area contributed by atoms with Crippen LogP contribution in [-0.2, 0) is 4.74 Å². The number of hydrogen-bond acceptors (Lipinski definition) is 2. The molecule has 0 radical (unpaired) electrons. The Bertz CT molecular complexity index is 360. The van der Waals surface area contributed by atoms with Gasteiger partial charge in [0.15, 0.2) is 6.10 Å². The molecule has 0 N–H and O–H groups in total. The van der Waals surface area contributed by atoms with Crippen molar-refractivity contribution in [2.24, 2.45) is 0 Å². The van der Waals surface area contributed by atoms with Crippen LogP contribution in [0.1, 0.15) is 18.6 Å². The highest BCUT2D eigenvalue weighted by molar-refractivity contribution is 9.13. The molecule has 0 bridgehead atoms. The summed E-state index contributed by atoms with van der Waals surface area (Å²) in [5.41, 5.74) is 0.865. The van der Waals surface area contributed by atoms with Crippen LogP contribution < -0.4 is 0 Å². The molecule has 0 amide bonds. The molecule has 0 heterocycles. The van der Waals surface area contributed by atoms with Gasteiger partial charge in [0.25, 0.3) is 0 Å². The highest BCUT2D eigenvalue weighted by atomic mass is 79.9. The number of benzene rings is 1. The van der Waals surface area contributed by atoms with Crippen LogP contribution in [0.2, 0.25) is 0 Å². The van der Waals surface area contributed by atoms with Crippen LogP contribution in [-0.4, -0.2) is 6.61 Å². The van der Waals surface area contributed by atoms with Crippen LogP contribution >= 0.6 is 31.9 Å². The van der Waals surface area contributed by atoms with Gasteiger partial charge in [0.2, 0.25) is 0 Å². The van der Waals surface area contributed by atoms with Crippen LogP contribution in [0.5, 0.6) is 0 Å². The number of rotatable bonds is 3. The number of hydrogen-bond donors (Lipinski definition) is 0. The fourth-order valence-electron chi connectivity index (χ4n) is 1.05. The molecule has 74 valence electrons. The second-order valence-electron chi connectivity index (χ2n) is 2.64. The van der Waals surface area contributed by atoms with E-state index in [0.717, 1.165) is 14.5 Å². The van der Waals surface area contributed by atoms with Gasteiger partial charge >= 0.3 is 0 Å². The van der Waals surface area contributed by atoms with Gasteiger partial charge in [0, 0.05) is 15.6 Å². The normalized spacial score (nSPS) is 12.1. The largest absolute Gasteiger partial charge is 0.359 e. The van der Waals surface area contributed by atoms with E-state index < -0.39 is 6.10 Å². The first kappa shape index (κ1) is 11.7. The first-order valence-corrected chi connectivity index (χ1v) is 5.73. The lowest BCUT2D eigenvalue weighted by Gasteiger charge is -2.09. The van der Waals surface area contributed by atoms with Crippen molar-refractivity contribution in [1.82, 2.24) is 0 Å². The third kappa shape index (κ3) is 2.81. The summed E-state index contributed by atoms with van der Waals surface area (Å²) in [5, 5.41) is 8.87. The monoisotopic (exact) mass is 317 g/mol. The molecule has 14 heavy (non-hydrogen) atoms. The SMILES string of the molecule is CCOC(C#N)c1ccc(Br)c(Br)c1. The molecule has 0 aromatic heterocycles. The molecule has 0 saturated carbocycles. The van der Waals surface area contributed by atoms with Crippen molar-refractivity contribution >= 4 is 31.9 Å². The maximum absolute atomic E-state index is 8.87. The molecular formula is C10H9Br2NO. The summed E-state index contributed by atoms with van der Waals surface area (Å²) in [4.78, 5) is 0. The Balaban J connectivity index is 2.95. The minimum Gasteiger partial charge on any atom is -0.359 e. The molecule has 1 rings (SSSR count). The van der Waals surface area contributed by atoms with Crippen molar-refractivity contribution in [3.63, 3.8) is 0 Å². The lowest BCUT2D eigenvalue weighted by Crippen LogP contribution is -2.01. The zero-order chi connectivity index (χ0) is 10.6. The molecule has 0 fully saturated rings. The van der Waals surface area contributed by atoms with E-state index in [4.69, 9.17) is 10.00 Å². The fraction of sp³-hybridized carbons (Fsp3) is 0.300. The number of nitriles is 1. The Hall–Kier alpha value is -0.370. The van der Waals surface area contributed by atoms with Crippen molar-refractivity contribution < 1.29 is 4.74 Å². The molecule has 0 aliphatic carbocycles. The van der Waals surface area contributed by atoms with E-state index in [-0.39, 0.29) is 0 Å². The van der Waals surface area contributed by atoms with Gasteiger partial charge in [0.1, 0.15) is 0 Å². The van der Waals surface area contributed by atoms with Crippen LogP contribution in [0.4, 0.5) is 0 Å². The standard InChI is InChI=1S/C10H9Br2NO/c1-2-14-10(6-13)7-3-4-8(11)9(12)5-7/h3-5,10H,2H2,1H3. The summed E-state index contributed by atoms with van der Waals surface area (Å²) >= 11 is 6.75. The molecule has 0 spiro atoms. The topological polar surface area (TPSA) is 33.0 Å². The van der Waals surface area contributed by atoms with E-state index in [9.17, 15) is 0 Å². The summed E-state index contributed by atoms with van der Waals surface area (Å²) < 4.78 is 7.17. The fourth-order valence-corrected chi connectivity index (χ4v) is 1.69. The van der Waals surface area contributed by atoms with Crippen molar-refractivity contribution in [1.29, 1.82) is 5.26 Å². The molecule has 1 unspecified atom stereocenters. The summed E-state index contributed by atoms with van der Waals surface area (Å²) in [6.45, 7) is 2.41. The number of nitrogens with zero attached hydrogens (tertiary/aromatic N) is 1. The van der Waals surface area contributed by atoms with Gasteiger partial charge in [-0.15, -0.1) is 0 Å². The van der Waals surface area contributed by atoms with E-state index in [1.807, 2.05) is 25.1 Å². The average molecular weight is 319 g/mol. The van der Waals surface area contributed by atoms with E-state index in [1.165, 1.54) is 0 Å². The van der Waals surface area contributed by atoms with Gasteiger partial charge < -0.3 is 4.74 Å². The highest BCUT2D eigenvalue weighted by Gasteiger charge is 2.10.